The minimum atomic E-state index is 0.442. The van der Waals surface area contributed by atoms with Gasteiger partial charge in [0.25, 0.3) is 0 Å². The molecule has 1 aliphatic carbocycles. The molecular formula is C26H37N5. The van der Waals surface area contributed by atoms with E-state index in [0.29, 0.717) is 18.0 Å². The van der Waals surface area contributed by atoms with Crippen LogP contribution in [0.1, 0.15) is 69.3 Å². The van der Waals surface area contributed by atoms with Crippen molar-refractivity contribution in [3.8, 4) is 0 Å². The fraction of sp³-hybridized carbons (Fsp3) is 0.615. The summed E-state index contributed by atoms with van der Waals surface area (Å²) in [6.45, 7) is 4.52. The normalized spacial score (nSPS) is 27.7. The lowest BCUT2D eigenvalue weighted by Crippen LogP contribution is -2.41. The van der Waals surface area contributed by atoms with Crippen LogP contribution in [0.15, 0.2) is 42.6 Å². The first-order valence-corrected chi connectivity index (χ1v) is 12.5. The summed E-state index contributed by atoms with van der Waals surface area (Å²) in [5.74, 6) is 2.57. The molecular weight excluding hydrogens is 382 g/mol. The van der Waals surface area contributed by atoms with E-state index in [0.717, 1.165) is 31.4 Å². The van der Waals surface area contributed by atoms with Gasteiger partial charge in [0.2, 0.25) is 5.95 Å². The van der Waals surface area contributed by atoms with E-state index < -0.39 is 0 Å². The van der Waals surface area contributed by atoms with Crippen molar-refractivity contribution in [1.82, 2.24) is 14.9 Å². The number of nitrogens with zero attached hydrogens (tertiary/aromatic N) is 4. The van der Waals surface area contributed by atoms with Crippen LogP contribution in [0, 0.1) is 0 Å². The lowest BCUT2D eigenvalue weighted by molar-refractivity contribution is 0.165. The van der Waals surface area contributed by atoms with Crippen molar-refractivity contribution in [3.63, 3.8) is 0 Å². The van der Waals surface area contributed by atoms with Crippen molar-refractivity contribution < 1.29 is 0 Å². The molecule has 3 aliphatic rings. The summed E-state index contributed by atoms with van der Waals surface area (Å²) in [6, 6.07) is 14.4. The molecule has 3 heterocycles. The van der Waals surface area contributed by atoms with E-state index in [9.17, 15) is 0 Å². The van der Waals surface area contributed by atoms with Gasteiger partial charge in [0, 0.05) is 44.5 Å². The van der Waals surface area contributed by atoms with Crippen molar-refractivity contribution >= 4 is 11.8 Å². The first-order chi connectivity index (χ1) is 15.4. The summed E-state index contributed by atoms with van der Waals surface area (Å²) in [5.41, 5.74) is 1.53. The smallest absolute Gasteiger partial charge is 0.224 e. The molecule has 166 valence electrons. The summed E-state index contributed by atoms with van der Waals surface area (Å²) in [4.78, 5) is 14.6. The molecule has 1 aromatic carbocycles. The fourth-order valence-corrected chi connectivity index (χ4v) is 5.92. The van der Waals surface area contributed by atoms with Crippen LogP contribution in [0.25, 0.3) is 0 Å². The fourth-order valence-electron chi connectivity index (χ4n) is 5.92. The van der Waals surface area contributed by atoms with E-state index in [1.165, 1.54) is 69.9 Å². The van der Waals surface area contributed by atoms with Gasteiger partial charge in [-0.25, -0.2) is 4.98 Å². The minimum Gasteiger partial charge on any atom is -0.356 e. The Labute approximate surface area is 187 Å². The number of nitrogens with one attached hydrogen (secondary N) is 1. The predicted octanol–water partition coefficient (Wildman–Crippen LogP) is 5.07. The number of benzene rings is 1. The van der Waals surface area contributed by atoms with Gasteiger partial charge in [-0.2, -0.15) is 4.98 Å². The van der Waals surface area contributed by atoms with Gasteiger partial charge >= 0.3 is 0 Å². The molecule has 5 rings (SSSR count). The Hall–Kier alpha value is -2.14. The Morgan fingerprint density at radius 2 is 1.61 bits per heavy atom. The maximum absolute atomic E-state index is 4.89. The second-order valence-electron chi connectivity index (χ2n) is 9.63. The van der Waals surface area contributed by atoms with Crippen LogP contribution in [0.2, 0.25) is 0 Å². The highest BCUT2D eigenvalue weighted by molar-refractivity contribution is 5.43. The van der Waals surface area contributed by atoms with Crippen LogP contribution in [-0.4, -0.2) is 53.1 Å². The van der Waals surface area contributed by atoms with Crippen molar-refractivity contribution in [2.45, 2.75) is 75.8 Å². The third-order valence-electron chi connectivity index (χ3n) is 7.55. The number of rotatable bonds is 5. The quantitative estimate of drug-likeness (QED) is 0.733. The van der Waals surface area contributed by atoms with E-state index in [1.54, 1.807) is 0 Å². The first kappa shape index (κ1) is 20.7. The average Bonchev–Trinajstić information content (AvgIpc) is 3.11. The number of hydrogen-bond acceptors (Lipinski definition) is 5. The zero-order valence-corrected chi connectivity index (χ0v) is 18.8. The van der Waals surface area contributed by atoms with E-state index in [4.69, 9.17) is 4.98 Å². The molecule has 0 amide bonds. The molecule has 1 saturated carbocycles. The summed E-state index contributed by atoms with van der Waals surface area (Å²) in [7, 11) is 0. The molecule has 31 heavy (non-hydrogen) atoms. The van der Waals surface area contributed by atoms with Gasteiger partial charge in [0.15, 0.2) is 0 Å². The number of hydrogen-bond donors (Lipinski definition) is 1. The molecule has 0 bridgehead atoms. The number of aromatic nitrogens is 2. The zero-order chi connectivity index (χ0) is 20.9. The number of anilines is 2. The minimum absolute atomic E-state index is 0.442. The Kier molecular flexibility index (Phi) is 6.68. The summed E-state index contributed by atoms with van der Waals surface area (Å²) in [6.07, 6.45) is 13.7. The molecule has 1 N–H and O–H groups in total. The van der Waals surface area contributed by atoms with Gasteiger partial charge in [-0.3, -0.25) is 4.90 Å². The van der Waals surface area contributed by atoms with E-state index >= 15 is 0 Å². The average molecular weight is 420 g/mol. The van der Waals surface area contributed by atoms with E-state index in [1.807, 2.05) is 6.20 Å². The highest BCUT2D eigenvalue weighted by Crippen LogP contribution is 2.37. The molecule has 0 radical (unpaired) electrons. The van der Waals surface area contributed by atoms with Crippen LogP contribution in [0.4, 0.5) is 11.8 Å². The maximum atomic E-state index is 4.89. The molecule has 1 aromatic heterocycles. The second kappa shape index (κ2) is 9.99. The van der Waals surface area contributed by atoms with E-state index in [2.05, 4.69) is 56.5 Å². The lowest BCUT2D eigenvalue weighted by Gasteiger charge is -2.38. The van der Waals surface area contributed by atoms with Gasteiger partial charge in [0.05, 0.1) is 0 Å². The van der Waals surface area contributed by atoms with Gasteiger partial charge in [0.1, 0.15) is 5.82 Å². The Morgan fingerprint density at radius 3 is 2.45 bits per heavy atom. The van der Waals surface area contributed by atoms with Crippen molar-refractivity contribution in [3.05, 3.63) is 48.2 Å². The molecule has 3 fully saturated rings. The van der Waals surface area contributed by atoms with Crippen LogP contribution in [0.3, 0.4) is 0 Å². The van der Waals surface area contributed by atoms with E-state index in [-0.39, 0.29) is 0 Å². The second-order valence-corrected chi connectivity index (χ2v) is 9.63. The third kappa shape index (κ3) is 5.03. The largest absolute Gasteiger partial charge is 0.356 e. The number of likely N-dealkylation sites (tertiary alicyclic amines) is 1. The summed E-state index contributed by atoms with van der Waals surface area (Å²) in [5, 5.41) is 3.67. The third-order valence-corrected chi connectivity index (χ3v) is 7.55. The monoisotopic (exact) mass is 419 g/mol. The van der Waals surface area contributed by atoms with Gasteiger partial charge in [-0.15, -0.1) is 0 Å². The summed E-state index contributed by atoms with van der Waals surface area (Å²) >= 11 is 0. The van der Waals surface area contributed by atoms with Crippen molar-refractivity contribution in [2.24, 2.45) is 0 Å². The van der Waals surface area contributed by atoms with Crippen LogP contribution >= 0.6 is 0 Å². The zero-order valence-electron chi connectivity index (χ0n) is 18.8. The Bertz CT molecular complexity index is 818. The topological polar surface area (TPSA) is 44.3 Å². The first-order valence-electron chi connectivity index (χ1n) is 12.5. The van der Waals surface area contributed by atoms with Gasteiger partial charge < -0.3 is 10.2 Å². The lowest BCUT2D eigenvalue weighted by atomic mass is 9.79. The standard InChI is InChI=1S/C26H37N5/c1-2-9-18-30(17-8-1)25-14-16-27-26(29-25)28-22-15-19-31(20-22)24-13-7-6-12-23(24)21-10-4-3-5-11-21/h3-5,10-11,14,16,22-24H,1-2,6-9,12-13,15,17-20H2,(H,27,28,29). The van der Waals surface area contributed by atoms with Crippen molar-refractivity contribution in [2.75, 3.05) is 36.4 Å². The summed E-state index contributed by atoms with van der Waals surface area (Å²) < 4.78 is 0. The van der Waals surface area contributed by atoms with Crippen LogP contribution < -0.4 is 10.2 Å². The molecule has 5 nitrogen and oxygen atoms in total. The molecule has 3 unspecified atom stereocenters. The molecule has 3 atom stereocenters. The molecule has 2 saturated heterocycles. The highest BCUT2D eigenvalue weighted by Gasteiger charge is 2.35. The Morgan fingerprint density at radius 1 is 0.806 bits per heavy atom. The molecule has 2 aromatic rings. The molecule has 0 spiro atoms. The SMILES string of the molecule is c1ccc(C2CCCCC2N2CCC(Nc3nccc(N4CCCCCC4)n3)C2)cc1. The molecule has 2 aliphatic heterocycles. The van der Waals surface area contributed by atoms with Crippen LogP contribution in [-0.2, 0) is 0 Å². The Balaban J connectivity index is 1.22. The predicted molar refractivity (Wildman–Crippen MR) is 128 cm³/mol. The van der Waals surface area contributed by atoms with Crippen LogP contribution in [0.5, 0.6) is 0 Å². The highest BCUT2D eigenvalue weighted by atomic mass is 15.3. The van der Waals surface area contributed by atoms with Gasteiger partial charge in [-0.1, -0.05) is 56.0 Å². The van der Waals surface area contributed by atoms with Gasteiger partial charge in [-0.05, 0) is 49.7 Å². The maximum Gasteiger partial charge on any atom is 0.224 e. The molecule has 5 heteroatoms. The van der Waals surface area contributed by atoms with Crippen molar-refractivity contribution in [1.29, 1.82) is 0 Å².